The Morgan fingerprint density at radius 1 is 0.931 bits per heavy atom. The summed E-state index contributed by atoms with van der Waals surface area (Å²) in [5.41, 5.74) is 4.62. The number of benzene rings is 2. The van der Waals surface area contributed by atoms with Crippen LogP contribution in [0.15, 0.2) is 54.9 Å². The molecule has 2 N–H and O–H groups in total. The first-order valence-corrected chi connectivity index (χ1v) is 9.94. The molecule has 3 aromatic rings. The fourth-order valence-electron chi connectivity index (χ4n) is 3.17. The van der Waals surface area contributed by atoms with Crippen LogP contribution in [0.25, 0.3) is 0 Å². The van der Waals surface area contributed by atoms with Crippen LogP contribution < -0.4 is 20.3 Å². The summed E-state index contributed by atoms with van der Waals surface area (Å²) in [6, 6.07) is 16.4. The molecule has 2 aromatic carbocycles. The van der Waals surface area contributed by atoms with Crippen LogP contribution >= 0.6 is 0 Å². The van der Waals surface area contributed by atoms with E-state index in [-0.39, 0.29) is 0 Å². The predicted octanol–water partition coefficient (Wildman–Crippen LogP) is 5.00. The number of hydrogen-bond donors (Lipinski definition) is 2. The molecule has 0 aliphatic rings. The Morgan fingerprint density at radius 2 is 1.66 bits per heavy atom. The van der Waals surface area contributed by atoms with Gasteiger partial charge in [0.1, 0.15) is 23.7 Å². The Balaban J connectivity index is 1.66. The highest BCUT2D eigenvalue weighted by atomic mass is 16.5. The molecular formula is C23H29N5O. The second kappa shape index (κ2) is 9.78. The fourth-order valence-corrected chi connectivity index (χ4v) is 3.17. The van der Waals surface area contributed by atoms with E-state index in [4.69, 9.17) is 4.74 Å². The van der Waals surface area contributed by atoms with Crippen LogP contribution in [-0.2, 0) is 6.54 Å². The lowest BCUT2D eigenvalue weighted by Gasteiger charge is -2.22. The normalized spacial score (nSPS) is 10.5. The van der Waals surface area contributed by atoms with Crippen molar-refractivity contribution in [3.63, 3.8) is 0 Å². The van der Waals surface area contributed by atoms with E-state index in [1.165, 1.54) is 11.3 Å². The van der Waals surface area contributed by atoms with E-state index in [1.807, 2.05) is 30.3 Å². The molecule has 0 amide bonds. The monoisotopic (exact) mass is 391 g/mol. The molecule has 0 fully saturated rings. The minimum absolute atomic E-state index is 0.679. The van der Waals surface area contributed by atoms with Gasteiger partial charge in [0.2, 0.25) is 0 Å². The fraction of sp³-hybridized carbons (Fsp3) is 0.304. The summed E-state index contributed by atoms with van der Waals surface area (Å²) in [5.74, 6) is 2.39. The summed E-state index contributed by atoms with van der Waals surface area (Å²) in [4.78, 5) is 11.0. The average molecular weight is 392 g/mol. The van der Waals surface area contributed by atoms with Crippen molar-refractivity contribution in [2.24, 2.45) is 0 Å². The molecule has 0 saturated heterocycles. The van der Waals surface area contributed by atoms with Crippen molar-refractivity contribution in [2.45, 2.75) is 27.3 Å². The SMILES string of the molecule is CCN(CC)c1ccc(Nc2cc(NCc3ccc(OC)cc3)ncn2)c(C)c1. The quantitative estimate of drug-likeness (QED) is 0.535. The number of ether oxygens (including phenoxy) is 1. The van der Waals surface area contributed by atoms with Crippen LogP contribution in [0.3, 0.4) is 0 Å². The highest BCUT2D eigenvalue weighted by molar-refractivity contribution is 5.66. The molecule has 0 atom stereocenters. The smallest absolute Gasteiger partial charge is 0.135 e. The molecule has 0 aliphatic heterocycles. The van der Waals surface area contributed by atoms with Gasteiger partial charge in [-0.15, -0.1) is 0 Å². The summed E-state index contributed by atoms with van der Waals surface area (Å²) in [5, 5.41) is 6.74. The standard InChI is InChI=1S/C23H29N5O/c1-5-28(6-2)19-9-12-21(17(3)13-19)27-23-14-22(25-16-26-23)24-15-18-7-10-20(29-4)11-8-18/h7-14,16H,5-6,15H2,1-4H3,(H2,24,25,26,27). The molecule has 0 radical (unpaired) electrons. The van der Waals surface area contributed by atoms with Gasteiger partial charge in [-0.25, -0.2) is 9.97 Å². The van der Waals surface area contributed by atoms with Gasteiger partial charge in [-0.3, -0.25) is 0 Å². The van der Waals surface area contributed by atoms with Gasteiger partial charge in [0.05, 0.1) is 7.11 Å². The molecule has 0 spiro atoms. The lowest BCUT2D eigenvalue weighted by Crippen LogP contribution is -2.21. The summed E-state index contributed by atoms with van der Waals surface area (Å²) in [6.45, 7) is 9.13. The van der Waals surface area contributed by atoms with Gasteiger partial charge in [0, 0.05) is 37.1 Å². The number of nitrogens with one attached hydrogen (secondary N) is 2. The first-order chi connectivity index (χ1) is 14.1. The van der Waals surface area contributed by atoms with E-state index in [0.29, 0.717) is 6.54 Å². The topological polar surface area (TPSA) is 62.3 Å². The zero-order valence-corrected chi connectivity index (χ0v) is 17.6. The van der Waals surface area contributed by atoms with Crippen LogP contribution in [0.2, 0.25) is 0 Å². The van der Waals surface area contributed by atoms with Gasteiger partial charge >= 0.3 is 0 Å². The maximum atomic E-state index is 5.20. The number of aromatic nitrogens is 2. The summed E-state index contributed by atoms with van der Waals surface area (Å²) in [6.07, 6.45) is 1.57. The number of anilines is 4. The van der Waals surface area contributed by atoms with E-state index in [2.05, 4.69) is 64.5 Å². The Labute approximate surface area is 173 Å². The Hall–Kier alpha value is -3.28. The zero-order valence-electron chi connectivity index (χ0n) is 17.6. The van der Waals surface area contributed by atoms with Crippen molar-refractivity contribution in [3.8, 4) is 5.75 Å². The second-order valence-electron chi connectivity index (χ2n) is 6.79. The number of aryl methyl sites for hydroxylation is 1. The second-order valence-corrected chi connectivity index (χ2v) is 6.79. The minimum atomic E-state index is 0.679. The Bertz CT molecular complexity index is 923. The maximum absolute atomic E-state index is 5.20. The molecule has 1 heterocycles. The Morgan fingerprint density at radius 3 is 2.31 bits per heavy atom. The van der Waals surface area contributed by atoms with Crippen LogP contribution in [0.5, 0.6) is 5.75 Å². The highest BCUT2D eigenvalue weighted by Crippen LogP contribution is 2.25. The molecule has 0 bridgehead atoms. The van der Waals surface area contributed by atoms with Gasteiger partial charge in [-0.2, -0.15) is 0 Å². The molecule has 152 valence electrons. The Kier molecular flexibility index (Phi) is 6.89. The molecular weight excluding hydrogens is 362 g/mol. The van der Waals surface area contributed by atoms with Crippen LogP contribution in [0.1, 0.15) is 25.0 Å². The van der Waals surface area contributed by atoms with Crippen molar-refractivity contribution in [3.05, 3.63) is 66.0 Å². The van der Waals surface area contributed by atoms with Gasteiger partial charge in [-0.05, 0) is 62.2 Å². The third-order valence-electron chi connectivity index (χ3n) is 4.90. The lowest BCUT2D eigenvalue weighted by molar-refractivity contribution is 0.414. The zero-order chi connectivity index (χ0) is 20.6. The van der Waals surface area contributed by atoms with Gasteiger partial charge in [-0.1, -0.05) is 12.1 Å². The van der Waals surface area contributed by atoms with Crippen molar-refractivity contribution in [1.82, 2.24) is 9.97 Å². The number of rotatable bonds is 9. The predicted molar refractivity (Wildman–Crippen MR) is 120 cm³/mol. The van der Waals surface area contributed by atoms with Gasteiger partial charge < -0.3 is 20.3 Å². The van der Waals surface area contributed by atoms with E-state index >= 15 is 0 Å². The largest absolute Gasteiger partial charge is 0.497 e. The first-order valence-electron chi connectivity index (χ1n) is 9.94. The minimum Gasteiger partial charge on any atom is -0.497 e. The van der Waals surface area contributed by atoms with Crippen LogP contribution in [0.4, 0.5) is 23.0 Å². The highest BCUT2D eigenvalue weighted by Gasteiger charge is 2.06. The van der Waals surface area contributed by atoms with Crippen LogP contribution in [0, 0.1) is 6.92 Å². The molecule has 6 heteroatoms. The van der Waals surface area contributed by atoms with E-state index in [9.17, 15) is 0 Å². The van der Waals surface area contributed by atoms with E-state index in [0.717, 1.165) is 41.7 Å². The third kappa shape index (κ3) is 5.38. The molecule has 29 heavy (non-hydrogen) atoms. The van der Waals surface area contributed by atoms with Crippen molar-refractivity contribution in [2.75, 3.05) is 35.7 Å². The van der Waals surface area contributed by atoms with Crippen LogP contribution in [-0.4, -0.2) is 30.2 Å². The van der Waals surface area contributed by atoms with Crippen molar-refractivity contribution in [1.29, 1.82) is 0 Å². The summed E-state index contributed by atoms with van der Waals surface area (Å²) in [7, 11) is 1.67. The molecule has 1 aromatic heterocycles. The lowest BCUT2D eigenvalue weighted by atomic mass is 10.1. The van der Waals surface area contributed by atoms with E-state index < -0.39 is 0 Å². The number of hydrogen-bond acceptors (Lipinski definition) is 6. The average Bonchev–Trinajstić information content (AvgIpc) is 2.75. The molecule has 0 saturated carbocycles. The number of nitrogens with zero attached hydrogens (tertiary/aromatic N) is 3. The van der Waals surface area contributed by atoms with Crippen molar-refractivity contribution < 1.29 is 4.74 Å². The summed E-state index contributed by atoms with van der Waals surface area (Å²) >= 11 is 0. The maximum Gasteiger partial charge on any atom is 0.135 e. The summed E-state index contributed by atoms with van der Waals surface area (Å²) < 4.78 is 5.20. The van der Waals surface area contributed by atoms with Gasteiger partial charge in [0.15, 0.2) is 0 Å². The van der Waals surface area contributed by atoms with Gasteiger partial charge in [0.25, 0.3) is 0 Å². The number of methoxy groups -OCH3 is 1. The third-order valence-corrected chi connectivity index (χ3v) is 4.90. The molecule has 6 nitrogen and oxygen atoms in total. The first kappa shape index (κ1) is 20.5. The van der Waals surface area contributed by atoms with E-state index in [1.54, 1.807) is 13.4 Å². The molecule has 0 aliphatic carbocycles. The van der Waals surface area contributed by atoms with Crippen molar-refractivity contribution >= 4 is 23.0 Å². The molecule has 3 rings (SSSR count). The molecule has 0 unspecified atom stereocenters.